The summed E-state index contributed by atoms with van der Waals surface area (Å²) in [5, 5.41) is 12.4. The predicted octanol–water partition coefficient (Wildman–Crippen LogP) is 3.64. The highest BCUT2D eigenvalue weighted by atomic mass is 35.5. The van der Waals surface area contributed by atoms with Gasteiger partial charge in [0.05, 0.1) is 10.7 Å². The molecule has 1 aromatic carbocycles. The van der Waals surface area contributed by atoms with Gasteiger partial charge in [-0.25, -0.2) is 4.79 Å². The number of hydrogen-bond donors (Lipinski definition) is 2. The molecule has 0 heterocycles. The molecular weight excluding hydrogens is 226 g/mol. The molecule has 88 valence electrons. The van der Waals surface area contributed by atoms with Crippen LogP contribution >= 0.6 is 11.6 Å². The average Bonchev–Trinajstić information content (AvgIpc) is 2.24. The standard InChI is InChI=1S/C12H16ClNO2/c1-2-3-4-8-14-10-7-5-6-9(13)11(10)12(15)16/h5-7,14H,2-4,8H2,1H3,(H,15,16). The van der Waals surface area contributed by atoms with Gasteiger partial charge in [0.2, 0.25) is 0 Å². The number of anilines is 1. The quantitative estimate of drug-likeness (QED) is 0.748. The highest BCUT2D eigenvalue weighted by Crippen LogP contribution is 2.24. The molecule has 0 unspecified atom stereocenters. The normalized spacial score (nSPS) is 10.1. The topological polar surface area (TPSA) is 49.3 Å². The Morgan fingerprint density at radius 2 is 2.19 bits per heavy atom. The van der Waals surface area contributed by atoms with Crippen LogP contribution in [0.2, 0.25) is 5.02 Å². The second kappa shape index (κ2) is 6.38. The zero-order valence-corrected chi connectivity index (χ0v) is 10.0. The lowest BCUT2D eigenvalue weighted by Crippen LogP contribution is -2.08. The van der Waals surface area contributed by atoms with Crippen molar-refractivity contribution in [2.24, 2.45) is 0 Å². The molecule has 0 aromatic heterocycles. The first-order valence-electron chi connectivity index (χ1n) is 5.42. The highest BCUT2D eigenvalue weighted by Gasteiger charge is 2.13. The molecule has 0 radical (unpaired) electrons. The van der Waals surface area contributed by atoms with Crippen LogP contribution < -0.4 is 5.32 Å². The maximum atomic E-state index is 11.0. The number of benzene rings is 1. The van der Waals surface area contributed by atoms with Crippen LogP contribution in [0, 0.1) is 0 Å². The van der Waals surface area contributed by atoms with Gasteiger partial charge in [-0.15, -0.1) is 0 Å². The minimum atomic E-state index is -0.997. The number of carboxylic acid groups (broad SMARTS) is 1. The van der Waals surface area contributed by atoms with E-state index in [2.05, 4.69) is 12.2 Å². The van der Waals surface area contributed by atoms with E-state index in [0.717, 1.165) is 25.8 Å². The molecule has 0 fully saturated rings. The van der Waals surface area contributed by atoms with E-state index in [9.17, 15) is 4.79 Å². The molecule has 0 aliphatic carbocycles. The smallest absolute Gasteiger partial charge is 0.339 e. The fraction of sp³-hybridized carbons (Fsp3) is 0.417. The first kappa shape index (κ1) is 12.8. The molecule has 16 heavy (non-hydrogen) atoms. The summed E-state index contributed by atoms with van der Waals surface area (Å²) in [6.45, 7) is 2.90. The molecule has 4 heteroatoms. The summed E-state index contributed by atoms with van der Waals surface area (Å²) in [5.41, 5.74) is 0.747. The first-order chi connectivity index (χ1) is 7.66. The van der Waals surface area contributed by atoms with Crippen molar-refractivity contribution in [2.75, 3.05) is 11.9 Å². The Kier molecular flexibility index (Phi) is 5.12. The molecule has 0 bridgehead atoms. The third-order valence-corrected chi connectivity index (χ3v) is 2.64. The predicted molar refractivity (Wildman–Crippen MR) is 66.4 cm³/mol. The summed E-state index contributed by atoms with van der Waals surface area (Å²) in [6, 6.07) is 5.07. The van der Waals surface area contributed by atoms with Gasteiger partial charge in [0.25, 0.3) is 0 Å². The van der Waals surface area contributed by atoms with E-state index in [1.54, 1.807) is 18.2 Å². The fourth-order valence-corrected chi connectivity index (χ4v) is 1.74. The van der Waals surface area contributed by atoms with Crippen molar-refractivity contribution in [3.63, 3.8) is 0 Å². The van der Waals surface area contributed by atoms with Crippen molar-refractivity contribution in [3.05, 3.63) is 28.8 Å². The Labute approximate surface area is 100 Å². The van der Waals surface area contributed by atoms with E-state index >= 15 is 0 Å². The monoisotopic (exact) mass is 241 g/mol. The fourth-order valence-electron chi connectivity index (χ4n) is 1.49. The van der Waals surface area contributed by atoms with Crippen LogP contribution in [0.1, 0.15) is 36.5 Å². The largest absolute Gasteiger partial charge is 0.478 e. The Morgan fingerprint density at radius 1 is 1.44 bits per heavy atom. The lowest BCUT2D eigenvalue weighted by atomic mass is 10.1. The van der Waals surface area contributed by atoms with E-state index < -0.39 is 5.97 Å². The minimum absolute atomic E-state index is 0.153. The first-order valence-corrected chi connectivity index (χ1v) is 5.80. The van der Waals surface area contributed by atoms with Gasteiger partial charge in [-0.05, 0) is 18.6 Å². The molecule has 3 nitrogen and oxygen atoms in total. The number of unbranched alkanes of at least 4 members (excludes halogenated alkanes) is 2. The second-order valence-corrected chi connectivity index (χ2v) is 4.01. The van der Waals surface area contributed by atoms with Crippen molar-refractivity contribution in [1.82, 2.24) is 0 Å². The van der Waals surface area contributed by atoms with Crippen LogP contribution in [0.25, 0.3) is 0 Å². The number of nitrogens with one attached hydrogen (secondary N) is 1. The summed E-state index contributed by atoms with van der Waals surface area (Å²) < 4.78 is 0. The summed E-state index contributed by atoms with van der Waals surface area (Å²) in [7, 11) is 0. The lowest BCUT2D eigenvalue weighted by molar-refractivity contribution is 0.0698. The average molecular weight is 242 g/mol. The third-order valence-electron chi connectivity index (χ3n) is 2.32. The number of halogens is 1. The zero-order chi connectivity index (χ0) is 12.0. The van der Waals surface area contributed by atoms with Gasteiger partial charge < -0.3 is 10.4 Å². The highest BCUT2D eigenvalue weighted by molar-refractivity contribution is 6.34. The van der Waals surface area contributed by atoms with Crippen molar-refractivity contribution in [3.8, 4) is 0 Å². The van der Waals surface area contributed by atoms with Crippen LogP contribution in [0.4, 0.5) is 5.69 Å². The molecular formula is C12H16ClNO2. The third kappa shape index (κ3) is 3.42. The number of carbonyl (C=O) groups is 1. The molecule has 0 amide bonds. The van der Waals surface area contributed by atoms with Crippen LogP contribution in [0.3, 0.4) is 0 Å². The van der Waals surface area contributed by atoms with Crippen LogP contribution in [-0.2, 0) is 0 Å². The molecule has 1 aromatic rings. The Morgan fingerprint density at radius 3 is 2.81 bits per heavy atom. The molecule has 1 rings (SSSR count). The van der Waals surface area contributed by atoms with Crippen molar-refractivity contribution in [2.45, 2.75) is 26.2 Å². The van der Waals surface area contributed by atoms with Crippen molar-refractivity contribution in [1.29, 1.82) is 0 Å². The van der Waals surface area contributed by atoms with Crippen LogP contribution in [0.15, 0.2) is 18.2 Å². The molecule has 0 aliphatic heterocycles. The maximum absolute atomic E-state index is 11.0. The Balaban J connectivity index is 2.71. The SMILES string of the molecule is CCCCCNc1cccc(Cl)c1C(=O)O. The summed E-state index contributed by atoms with van der Waals surface area (Å²) in [4.78, 5) is 11.0. The second-order valence-electron chi connectivity index (χ2n) is 3.60. The summed E-state index contributed by atoms with van der Waals surface area (Å²) in [5.74, 6) is -0.997. The van der Waals surface area contributed by atoms with Crippen LogP contribution in [-0.4, -0.2) is 17.6 Å². The van der Waals surface area contributed by atoms with Gasteiger partial charge in [0.15, 0.2) is 0 Å². The molecule has 0 saturated carbocycles. The number of carboxylic acids is 1. The van der Waals surface area contributed by atoms with Gasteiger partial charge in [-0.1, -0.05) is 37.4 Å². The van der Waals surface area contributed by atoms with E-state index in [0.29, 0.717) is 5.69 Å². The van der Waals surface area contributed by atoms with Gasteiger partial charge in [0, 0.05) is 6.54 Å². The maximum Gasteiger partial charge on any atom is 0.339 e. The van der Waals surface area contributed by atoms with Crippen molar-refractivity contribution >= 4 is 23.3 Å². The summed E-state index contributed by atoms with van der Waals surface area (Å²) >= 11 is 5.84. The van der Waals surface area contributed by atoms with Gasteiger partial charge in [-0.2, -0.15) is 0 Å². The van der Waals surface area contributed by atoms with E-state index in [-0.39, 0.29) is 10.6 Å². The lowest BCUT2D eigenvalue weighted by Gasteiger charge is -2.10. The molecule has 0 atom stereocenters. The number of aromatic carboxylic acids is 1. The van der Waals surface area contributed by atoms with E-state index in [4.69, 9.17) is 16.7 Å². The molecule has 0 spiro atoms. The summed E-state index contributed by atoms with van der Waals surface area (Å²) in [6.07, 6.45) is 3.31. The zero-order valence-electron chi connectivity index (χ0n) is 9.29. The molecule has 2 N–H and O–H groups in total. The number of rotatable bonds is 6. The Bertz CT molecular complexity index is 366. The van der Waals surface area contributed by atoms with Crippen molar-refractivity contribution < 1.29 is 9.90 Å². The van der Waals surface area contributed by atoms with Gasteiger partial charge in [0.1, 0.15) is 5.56 Å². The molecule has 0 saturated heterocycles. The molecule has 0 aliphatic rings. The van der Waals surface area contributed by atoms with Gasteiger partial charge in [-0.3, -0.25) is 0 Å². The van der Waals surface area contributed by atoms with Crippen LogP contribution in [0.5, 0.6) is 0 Å². The van der Waals surface area contributed by atoms with E-state index in [1.165, 1.54) is 0 Å². The minimum Gasteiger partial charge on any atom is -0.478 e. The Hall–Kier alpha value is -1.22. The number of hydrogen-bond acceptors (Lipinski definition) is 2. The van der Waals surface area contributed by atoms with E-state index in [1.807, 2.05) is 0 Å². The van der Waals surface area contributed by atoms with Gasteiger partial charge >= 0.3 is 5.97 Å².